The summed E-state index contributed by atoms with van der Waals surface area (Å²) in [6.45, 7) is 1.55. The quantitative estimate of drug-likeness (QED) is 0.772. The van der Waals surface area contributed by atoms with Crippen molar-refractivity contribution in [3.63, 3.8) is 0 Å². The maximum absolute atomic E-state index is 12.8. The van der Waals surface area contributed by atoms with Gasteiger partial charge < -0.3 is 0 Å². The van der Waals surface area contributed by atoms with Crippen molar-refractivity contribution >= 4 is 6.29 Å². The first-order valence-electron chi connectivity index (χ1n) is 5.11. The lowest BCUT2D eigenvalue weighted by Crippen LogP contribution is -2.12. The van der Waals surface area contributed by atoms with Gasteiger partial charge >= 0.3 is 6.18 Å². The summed E-state index contributed by atoms with van der Waals surface area (Å²) in [5.74, 6) is 0. The lowest BCUT2D eigenvalue weighted by atomic mass is 10.1. The van der Waals surface area contributed by atoms with Crippen LogP contribution in [-0.2, 0) is 6.18 Å². The number of carbonyl (C=O) groups is 1. The third kappa shape index (κ3) is 2.01. The fraction of sp³-hybridized carbons (Fsp3) is 0.167. The third-order valence-corrected chi connectivity index (χ3v) is 2.61. The Hall–Kier alpha value is -2.11. The average molecular weight is 254 g/mol. The van der Waals surface area contributed by atoms with Crippen molar-refractivity contribution in [1.82, 2.24) is 9.78 Å². The van der Waals surface area contributed by atoms with Gasteiger partial charge in [-0.25, -0.2) is 4.68 Å². The highest BCUT2D eigenvalue weighted by molar-refractivity contribution is 5.76. The van der Waals surface area contributed by atoms with Gasteiger partial charge in [-0.15, -0.1) is 0 Å². The lowest BCUT2D eigenvalue weighted by Gasteiger charge is -2.13. The number of hydrogen-bond donors (Lipinski definition) is 0. The van der Waals surface area contributed by atoms with Gasteiger partial charge in [0, 0.05) is 0 Å². The van der Waals surface area contributed by atoms with Crippen LogP contribution in [0, 0.1) is 6.92 Å². The van der Waals surface area contributed by atoms with Gasteiger partial charge in [-0.3, -0.25) is 4.79 Å². The van der Waals surface area contributed by atoms with E-state index in [4.69, 9.17) is 0 Å². The highest BCUT2D eigenvalue weighted by atomic mass is 19.4. The van der Waals surface area contributed by atoms with Crippen LogP contribution in [0.2, 0.25) is 0 Å². The first kappa shape index (κ1) is 12.3. The molecule has 0 fully saturated rings. The zero-order chi connectivity index (χ0) is 13.3. The maximum atomic E-state index is 12.8. The molecule has 0 bridgehead atoms. The Kier molecular flexibility index (Phi) is 2.94. The lowest BCUT2D eigenvalue weighted by molar-refractivity contribution is -0.137. The predicted octanol–water partition coefficient (Wildman–Crippen LogP) is 3.01. The Morgan fingerprint density at radius 3 is 2.50 bits per heavy atom. The summed E-state index contributed by atoms with van der Waals surface area (Å²) in [6, 6.07) is 5.10. The molecular weight excluding hydrogens is 245 g/mol. The minimum absolute atomic E-state index is 0.0874. The number of alkyl halides is 3. The van der Waals surface area contributed by atoms with E-state index in [-0.39, 0.29) is 11.3 Å². The molecule has 0 aliphatic heterocycles. The van der Waals surface area contributed by atoms with Crippen LogP contribution in [0.15, 0.2) is 30.5 Å². The van der Waals surface area contributed by atoms with Crippen LogP contribution >= 0.6 is 0 Å². The number of aldehydes is 1. The summed E-state index contributed by atoms with van der Waals surface area (Å²) in [6.07, 6.45) is -2.65. The molecule has 6 heteroatoms. The van der Waals surface area contributed by atoms with Gasteiger partial charge in [0.25, 0.3) is 0 Å². The van der Waals surface area contributed by atoms with Gasteiger partial charge in [0.15, 0.2) is 6.29 Å². The number of benzene rings is 1. The Morgan fingerprint density at radius 1 is 1.28 bits per heavy atom. The SMILES string of the molecule is Cc1c(C=O)cnn1-c1ccccc1C(F)(F)F. The summed E-state index contributed by atoms with van der Waals surface area (Å²) < 4.78 is 39.6. The largest absolute Gasteiger partial charge is 0.418 e. The topological polar surface area (TPSA) is 34.9 Å². The van der Waals surface area contributed by atoms with Crippen molar-refractivity contribution in [2.24, 2.45) is 0 Å². The van der Waals surface area contributed by atoms with E-state index in [9.17, 15) is 18.0 Å². The molecule has 0 atom stereocenters. The second kappa shape index (κ2) is 4.29. The molecule has 1 aromatic carbocycles. The Labute approximate surface area is 101 Å². The van der Waals surface area contributed by atoms with Crippen molar-refractivity contribution in [1.29, 1.82) is 0 Å². The van der Waals surface area contributed by atoms with Gasteiger partial charge in [0.2, 0.25) is 0 Å². The fourth-order valence-electron chi connectivity index (χ4n) is 1.68. The summed E-state index contributed by atoms with van der Waals surface area (Å²) in [5, 5.41) is 3.82. The molecule has 94 valence electrons. The molecule has 1 aromatic heterocycles. The highest BCUT2D eigenvalue weighted by Gasteiger charge is 2.34. The standard InChI is InChI=1S/C12H9F3N2O/c1-8-9(7-18)6-16-17(8)11-5-3-2-4-10(11)12(13,14)15/h2-7H,1H3. The molecule has 0 aliphatic carbocycles. The number of carbonyl (C=O) groups excluding carboxylic acids is 1. The number of para-hydroxylation sites is 1. The second-order valence-corrected chi connectivity index (χ2v) is 3.73. The average Bonchev–Trinajstić information content (AvgIpc) is 2.69. The van der Waals surface area contributed by atoms with E-state index in [1.54, 1.807) is 6.92 Å². The van der Waals surface area contributed by atoms with Crippen LogP contribution in [0.4, 0.5) is 13.2 Å². The Balaban J connectivity index is 2.64. The molecule has 0 radical (unpaired) electrons. The Morgan fingerprint density at radius 2 is 1.94 bits per heavy atom. The predicted molar refractivity (Wildman–Crippen MR) is 58.7 cm³/mol. The molecule has 0 amide bonds. The molecule has 0 saturated heterocycles. The van der Waals surface area contributed by atoms with Gasteiger partial charge in [-0.1, -0.05) is 12.1 Å². The van der Waals surface area contributed by atoms with Crippen LogP contribution in [0.1, 0.15) is 21.6 Å². The van der Waals surface area contributed by atoms with E-state index in [1.807, 2.05) is 0 Å². The van der Waals surface area contributed by atoms with E-state index in [2.05, 4.69) is 5.10 Å². The molecule has 2 rings (SSSR count). The van der Waals surface area contributed by atoms with Crippen molar-refractivity contribution in [2.75, 3.05) is 0 Å². The smallest absolute Gasteiger partial charge is 0.298 e. The van der Waals surface area contributed by atoms with Crippen molar-refractivity contribution in [3.05, 3.63) is 47.3 Å². The first-order valence-corrected chi connectivity index (χ1v) is 5.11. The van der Waals surface area contributed by atoms with Gasteiger partial charge in [0.1, 0.15) is 0 Å². The van der Waals surface area contributed by atoms with Crippen LogP contribution < -0.4 is 0 Å². The zero-order valence-electron chi connectivity index (χ0n) is 9.40. The molecule has 0 unspecified atom stereocenters. The molecule has 0 aliphatic rings. The second-order valence-electron chi connectivity index (χ2n) is 3.73. The zero-order valence-corrected chi connectivity index (χ0v) is 9.40. The molecule has 1 heterocycles. The summed E-state index contributed by atoms with van der Waals surface area (Å²) in [5.41, 5.74) is -0.224. The highest BCUT2D eigenvalue weighted by Crippen LogP contribution is 2.33. The van der Waals surface area contributed by atoms with Crippen LogP contribution in [0.5, 0.6) is 0 Å². The van der Waals surface area contributed by atoms with Crippen molar-refractivity contribution in [3.8, 4) is 5.69 Å². The molecule has 0 saturated carbocycles. The minimum Gasteiger partial charge on any atom is -0.298 e. The minimum atomic E-state index is -4.46. The van der Waals surface area contributed by atoms with Crippen molar-refractivity contribution in [2.45, 2.75) is 13.1 Å². The molecule has 0 spiro atoms. The van der Waals surface area contributed by atoms with Gasteiger partial charge in [-0.2, -0.15) is 18.3 Å². The number of aromatic nitrogens is 2. The van der Waals surface area contributed by atoms with E-state index in [1.165, 1.54) is 24.4 Å². The fourth-order valence-corrected chi connectivity index (χ4v) is 1.68. The molecular formula is C12H9F3N2O. The van der Waals surface area contributed by atoms with E-state index in [0.29, 0.717) is 12.0 Å². The maximum Gasteiger partial charge on any atom is 0.418 e. The van der Waals surface area contributed by atoms with E-state index in [0.717, 1.165) is 10.7 Å². The third-order valence-electron chi connectivity index (χ3n) is 2.61. The molecule has 3 nitrogen and oxygen atoms in total. The number of nitrogens with zero attached hydrogens (tertiary/aromatic N) is 2. The van der Waals surface area contributed by atoms with Gasteiger partial charge in [-0.05, 0) is 19.1 Å². The summed E-state index contributed by atoms with van der Waals surface area (Å²) >= 11 is 0. The van der Waals surface area contributed by atoms with Crippen LogP contribution in [-0.4, -0.2) is 16.1 Å². The monoisotopic (exact) mass is 254 g/mol. The Bertz CT molecular complexity index is 587. The van der Waals surface area contributed by atoms with E-state index < -0.39 is 11.7 Å². The molecule has 2 aromatic rings. The van der Waals surface area contributed by atoms with Crippen LogP contribution in [0.3, 0.4) is 0 Å². The summed E-state index contributed by atoms with van der Waals surface area (Å²) in [7, 11) is 0. The van der Waals surface area contributed by atoms with E-state index >= 15 is 0 Å². The molecule has 0 N–H and O–H groups in total. The van der Waals surface area contributed by atoms with Crippen molar-refractivity contribution < 1.29 is 18.0 Å². The number of hydrogen-bond acceptors (Lipinski definition) is 2. The number of halogens is 3. The van der Waals surface area contributed by atoms with Gasteiger partial charge in [0.05, 0.1) is 28.7 Å². The number of rotatable bonds is 2. The first-order chi connectivity index (χ1) is 8.45. The molecule has 18 heavy (non-hydrogen) atoms. The van der Waals surface area contributed by atoms with Crippen LogP contribution in [0.25, 0.3) is 5.69 Å². The normalized spacial score (nSPS) is 11.6. The summed E-state index contributed by atoms with van der Waals surface area (Å²) in [4.78, 5) is 10.7.